The van der Waals surface area contributed by atoms with E-state index in [1.807, 2.05) is 30.3 Å². The highest BCUT2D eigenvalue weighted by atomic mass is 35.5. The van der Waals surface area contributed by atoms with Gasteiger partial charge in [0.1, 0.15) is 5.82 Å². The molecule has 28 heavy (non-hydrogen) atoms. The topological polar surface area (TPSA) is 73.3 Å². The van der Waals surface area contributed by atoms with Crippen molar-refractivity contribution in [1.82, 2.24) is 9.97 Å². The summed E-state index contributed by atoms with van der Waals surface area (Å²) in [6, 6.07) is 11.2. The molecule has 3 heterocycles. The third-order valence-corrected chi connectivity index (χ3v) is 5.50. The van der Waals surface area contributed by atoms with Gasteiger partial charge in [-0.3, -0.25) is 9.78 Å². The molecule has 140 valence electrons. The van der Waals surface area contributed by atoms with Crippen molar-refractivity contribution in [1.29, 1.82) is 0 Å². The number of pyridine rings is 2. The Morgan fingerprint density at radius 1 is 1.07 bits per heavy atom. The Morgan fingerprint density at radius 2 is 1.93 bits per heavy atom. The Balaban J connectivity index is 1.35. The third kappa shape index (κ3) is 2.86. The highest BCUT2D eigenvalue weighted by molar-refractivity contribution is 6.33. The standard InChI is InChI=1S/C21H16ClN3O3/c22-16-11-23-8-5-15(16)13-1-4-19(24-10-13)25-20(26)21(6-7-21)14-2-3-17-18(9-14)28-12-27-17/h1-5,8-11H,6-7,12H2,(H,24,25,26). The summed E-state index contributed by atoms with van der Waals surface area (Å²) in [6.07, 6.45) is 6.55. The van der Waals surface area contributed by atoms with E-state index in [1.54, 1.807) is 24.7 Å². The molecule has 0 unspecified atom stereocenters. The number of carbonyl (C=O) groups excluding carboxylic acids is 1. The molecule has 1 aliphatic carbocycles. The SMILES string of the molecule is O=C(Nc1ccc(-c2ccncc2Cl)cn1)C1(c2ccc3c(c2)OCO3)CC1. The molecule has 5 rings (SSSR count). The van der Waals surface area contributed by atoms with Gasteiger partial charge in [0.25, 0.3) is 0 Å². The number of amides is 1. The van der Waals surface area contributed by atoms with E-state index < -0.39 is 5.41 Å². The second kappa shape index (κ2) is 6.49. The van der Waals surface area contributed by atoms with Crippen molar-refractivity contribution in [2.75, 3.05) is 12.1 Å². The maximum absolute atomic E-state index is 13.0. The molecule has 2 aromatic heterocycles. The van der Waals surface area contributed by atoms with Gasteiger partial charge in [-0.1, -0.05) is 17.7 Å². The van der Waals surface area contributed by atoms with E-state index in [4.69, 9.17) is 21.1 Å². The molecule has 1 fully saturated rings. The molecule has 0 saturated heterocycles. The number of rotatable bonds is 4. The molecular weight excluding hydrogens is 378 g/mol. The molecule has 1 aromatic carbocycles. The highest BCUT2D eigenvalue weighted by Gasteiger charge is 2.51. The number of hydrogen-bond donors (Lipinski definition) is 1. The molecule has 3 aromatic rings. The Hall–Kier alpha value is -3.12. The first kappa shape index (κ1) is 17.0. The molecular formula is C21H16ClN3O3. The smallest absolute Gasteiger partial charge is 0.236 e. The van der Waals surface area contributed by atoms with E-state index in [2.05, 4.69) is 15.3 Å². The minimum atomic E-state index is -0.532. The molecule has 0 bridgehead atoms. The summed E-state index contributed by atoms with van der Waals surface area (Å²) in [4.78, 5) is 21.3. The fourth-order valence-electron chi connectivity index (χ4n) is 3.44. The maximum Gasteiger partial charge on any atom is 0.236 e. The molecule has 2 aliphatic rings. The Morgan fingerprint density at radius 3 is 2.68 bits per heavy atom. The number of hydrogen-bond acceptors (Lipinski definition) is 5. The minimum Gasteiger partial charge on any atom is -0.454 e. The van der Waals surface area contributed by atoms with Gasteiger partial charge in [-0.15, -0.1) is 0 Å². The fraction of sp³-hybridized carbons (Fsp3) is 0.190. The van der Waals surface area contributed by atoms with Gasteiger partial charge in [0, 0.05) is 29.7 Å². The third-order valence-electron chi connectivity index (χ3n) is 5.20. The monoisotopic (exact) mass is 393 g/mol. The predicted octanol–water partition coefficient (Wildman–Crippen LogP) is 4.20. The van der Waals surface area contributed by atoms with Gasteiger partial charge in [-0.25, -0.2) is 4.98 Å². The van der Waals surface area contributed by atoms with Crippen molar-refractivity contribution in [3.05, 3.63) is 65.6 Å². The van der Waals surface area contributed by atoms with Gasteiger partial charge in [-0.05, 0) is 48.7 Å². The summed E-state index contributed by atoms with van der Waals surface area (Å²) in [7, 11) is 0. The number of halogens is 1. The average Bonchev–Trinajstić information content (AvgIpc) is 3.40. The summed E-state index contributed by atoms with van der Waals surface area (Å²) in [5.41, 5.74) is 2.12. The van der Waals surface area contributed by atoms with E-state index in [9.17, 15) is 4.79 Å². The second-order valence-corrected chi connectivity index (χ2v) is 7.30. The molecule has 1 amide bonds. The van der Waals surface area contributed by atoms with E-state index >= 15 is 0 Å². The summed E-state index contributed by atoms with van der Waals surface area (Å²) < 4.78 is 10.8. The first-order chi connectivity index (χ1) is 13.7. The van der Waals surface area contributed by atoms with Crippen LogP contribution in [0.3, 0.4) is 0 Å². The van der Waals surface area contributed by atoms with Crippen LogP contribution in [0.25, 0.3) is 11.1 Å². The maximum atomic E-state index is 13.0. The Bertz CT molecular complexity index is 1060. The first-order valence-electron chi connectivity index (χ1n) is 8.93. The minimum absolute atomic E-state index is 0.0615. The Kier molecular flexibility index (Phi) is 3.94. The highest BCUT2D eigenvalue weighted by Crippen LogP contribution is 2.51. The van der Waals surface area contributed by atoms with Crippen LogP contribution in [0.4, 0.5) is 5.82 Å². The van der Waals surface area contributed by atoms with Crippen molar-refractivity contribution in [2.24, 2.45) is 0 Å². The van der Waals surface area contributed by atoms with Crippen LogP contribution >= 0.6 is 11.6 Å². The summed E-state index contributed by atoms with van der Waals surface area (Å²) >= 11 is 6.18. The number of carbonyl (C=O) groups is 1. The zero-order valence-corrected chi connectivity index (χ0v) is 15.6. The predicted molar refractivity (Wildman–Crippen MR) is 105 cm³/mol. The summed E-state index contributed by atoms with van der Waals surface area (Å²) in [5, 5.41) is 3.49. The van der Waals surface area contributed by atoms with Crippen molar-refractivity contribution in [3.8, 4) is 22.6 Å². The van der Waals surface area contributed by atoms with Gasteiger partial charge in [0.2, 0.25) is 12.7 Å². The molecule has 1 aliphatic heterocycles. The zero-order chi connectivity index (χ0) is 19.1. The molecule has 0 atom stereocenters. The lowest BCUT2D eigenvalue weighted by atomic mass is 9.94. The normalized spacial score (nSPS) is 15.9. The lowest BCUT2D eigenvalue weighted by Gasteiger charge is -2.16. The number of nitrogens with one attached hydrogen (secondary N) is 1. The number of aromatic nitrogens is 2. The molecule has 1 N–H and O–H groups in total. The van der Waals surface area contributed by atoms with E-state index in [0.29, 0.717) is 22.3 Å². The molecule has 7 heteroatoms. The lowest BCUT2D eigenvalue weighted by molar-refractivity contribution is -0.118. The van der Waals surface area contributed by atoms with Crippen LogP contribution in [0.15, 0.2) is 55.0 Å². The van der Waals surface area contributed by atoms with Crippen LogP contribution in [-0.2, 0) is 10.2 Å². The van der Waals surface area contributed by atoms with E-state index in [-0.39, 0.29) is 12.7 Å². The number of fused-ring (bicyclic) bond motifs is 1. The van der Waals surface area contributed by atoms with Crippen LogP contribution in [0.2, 0.25) is 5.02 Å². The lowest BCUT2D eigenvalue weighted by Crippen LogP contribution is -2.28. The van der Waals surface area contributed by atoms with Crippen LogP contribution in [0, 0.1) is 0 Å². The first-order valence-corrected chi connectivity index (χ1v) is 9.31. The molecule has 0 spiro atoms. The number of benzene rings is 1. The van der Waals surface area contributed by atoms with E-state index in [1.165, 1.54) is 0 Å². The number of nitrogens with zero attached hydrogens (tertiary/aromatic N) is 2. The van der Waals surface area contributed by atoms with Crippen LogP contribution < -0.4 is 14.8 Å². The van der Waals surface area contributed by atoms with Gasteiger partial charge in [0.15, 0.2) is 11.5 Å². The van der Waals surface area contributed by atoms with Gasteiger partial charge in [0.05, 0.1) is 10.4 Å². The second-order valence-electron chi connectivity index (χ2n) is 6.89. The van der Waals surface area contributed by atoms with Crippen molar-refractivity contribution in [3.63, 3.8) is 0 Å². The Labute approximate surface area is 166 Å². The van der Waals surface area contributed by atoms with Gasteiger partial charge < -0.3 is 14.8 Å². The zero-order valence-electron chi connectivity index (χ0n) is 14.8. The van der Waals surface area contributed by atoms with E-state index in [0.717, 1.165) is 29.5 Å². The van der Waals surface area contributed by atoms with Crippen LogP contribution in [0.5, 0.6) is 11.5 Å². The number of ether oxygens (including phenoxy) is 2. The number of anilines is 1. The summed E-state index contributed by atoms with van der Waals surface area (Å²) in [6.45, 7) is 0.218. The van der Waals surface area contributed by atoms with Crippen molar-refractivity contribution in [2.45, 2.75) is 18.3 Å². The van der Waals surface area contributed by atoms with Crippen molar-refractivity contribution < 1.29 is 14.3 Å². The molecule has 1 saturated carbocycles. The van der Waals surface area contributed by atoms with Crippen molar-refractivity contribution >= 4 is 23.3 Å². The van der Waals surface area contributed by atoms with Gasteiger partial charge >= 0.3 is 0 Å². The molecule has 0 radical (unpaired) electrons. The average molecular weight is 394 g/mol. The largest absolute Gasteiger partial charge is 0.454 e. The van der Waals surface area contributed by atoms with Crippen LogP contribution in [-0.4, -0.2) is 22.7 Å². The quantitative estimate of drug-likeness (QED) is 0.719. The van der Waals surface area contributed by atoms with Gasteiger partial charge in [-0.2, -0.15) is 0 Å². The fourth-order valence-corrected chi connectivity index (χ4v) is 3.67. The van der Waals surface area contributed by atoms with Crippen LogP contribution in [0.1, 0.15) is 18.4 Å². The summed E-state index contributed by atoms with van der Waals surface area (Å²) in [5.74, 6) is 1.85. The molecule has 6 nitrogen and oxygen atoms in total.